The summed E-state index contributed by atoms with van der Waals surface area (Å²) in [5, 5.41) is 24.3. The van der Waals surface area contributed by atoms with E-state index in [1.54, 1.807) is 32.7 Å². The van der Waals surface area contributed by atoms with Gasteiger partial charge in [-0.1, -0.05) is 13.0 Å². The molecule has 0 aromatic heterocycles. The van der Waals surface area contributed by atoms with Gasteiger partial charge in [0.25, 0.3) is 5.91 Å². The van der Waals surface area contributed by atoms with Gasteiger partial charge in [-0.15, -0.1) is 6.58 Å². The summed E-state index contributed by atoms with van der Waals surface area (Å²) >= 11 is 0. The molecule has 1 saturated heterocycles. The fraction of sp³-hybridized carbons (Fsp3) is 0.579. The summed E-state index contributed by atoms with van der Waals surface area (Å²) in [6.07, 6.45) is 0.643. The van der Waals surface area contributed by atoms with Crippen LogP contribution in [0.4, 0.5) is 4.79 Å². The molecule has 0 aromatic carbocycles. The average molecular weight is 409 g/mol. The van der Waals surface area contributed by atoms with Gasteiger partial charge in [0.1, 0.15) is 17.6 Å². The first-order valence-corrected chi connectivity index (χ1v) is 9.30. The smallest absolute Gasteiger partial charge is 0.408 e. The zero-order chi connectivity index (χ0) is 22.1. The van der Waals surface area contributed by atoms with Gasteiger partial charge in [0.2, 0.25) is 0 Å². The van der Waals surface area contributed by atoms with Crippen LogP contribution in [-0.2, 0) is 19.1 Å². The molecule has 2 amide bonds. The van der Waals surface area contributed by atoms with Crippen molar-refractivity contribution in [1.82, 2.24) is 15.3 Å². The van der Waals surface area contributed by atoms with Crippen molar-refractivity contribution in [3.8, 4) is 0 Å². The molecule has 0 aromatic rings. The third kappa shape index (κ3) is 4.58. The van der Waals surface area contributed by atoms with Gasteiger partial charge in [-0.25, -0.2) is 14.8 Å². The molecule has 160 valence electrons. The minimum atomic E-state index is -1.26. The number of carboxylic acid groups (broad SMARTS) is 2. The Hall–Kier alpha value is -2.88. The Balaban J connectivity index is 2.37. The van der Waals surface area contributed by atoms with Crippen molar-refractivity contribution in [2.75, 3.05) is 13.1 Å². The Morgan fingerprint density at radius 3 is 2.38 bits per heavy atom. The summed E-state index contributed by atoms with van der Waals surface area (Å²) in [6, 6.07) is -0.939. The van der Waals surface area contributed by atoms with Crippen LogP contribution in [-0.4, -0.2) is 68.9 Å². The number of hydrogen-bond donors (Lipinski definition) is 3. The number of carboxylic acids is 2. The van der Waals surface area contributed by atoms with Gasteiger partial charge in [-0.2, -0.15) is 0 Å². The predicted molar refractivity (Wildman–Crippen MR) is 101 cm³/mol. The lowest BCUT2D eigenvalue weighted by Crippen LogP contribution is -2.45. The van der Waals surface area contributed by atoms with E-state index < -0.39 is 47.4 Å². The Labute approximate surface area is 168 Å². The number of hydrogen-bond acceptors (Lipinski definition) is 6. The van der Waals surface area contributed by atoms with E-state index >= 15 is 0 Å². The normalized spacial score (nSPS) is 21.6. The van der Waals surface area contributed by atoms with Crippen LogP contribution in [0.25, 0.3) is 0 Å². The van der Waals surface area contributed by atoms with Crippen molar-refractivity contribution >= 4 is 23.9 Å². The molecule has 0 radical (unpaired) electrons. The SMILES string of the molecule is C=CC(C(=O)O)C1=C(C(CC)C(=O)O)CN2C[C@H](NC(=O)OC(C)(C)C)C(=O)N12. The van der Waals surface area contributed by atoms with E-state index in [2.05, 4.69) is 11.9 Å². The molecule has 0 spiro atoms. The number of nitrogens with zero attached hydrogens (tertiary/aromatic N) is 2. The van der Waals surface area contributed by atoms with Crippen LogP contribution >= 0.6 is 0 Å². The number of carbonyl (C=O) groups excluding carboxylic acids is 2. The van der Waals surface area contributed by atoms with Crippen LogP contribution in [0.3, 0.4) is 0 Å². The molecule has 0 saturated carbocycles. The third-order valence-electron chi connectivity index (χ3n) is 4.71. The van der Waals surface area contributed by atoms with E-state index in [9.17, 15) is 29.4 Å². The lowest BCUT2D eigenvalue weighted by Gasteiger charge is -2.25. The molecule has 29 heavy (non-hydrogen) atoms. The van der Waals surface area contributed by atoms with Gasteiger partial charge >= 0.3 is 18.0 Å². The predicted octanol–water partition coefficient (Wildman–Crippen LogP) is 1.20. The minimum absolute atomic E-state index is 0.0740. The van der Waals surface area contributed by atoms with Crippen molar-refractivity contribution in [3.05, 3.63) is 23.9 Å². The fourth-order valence-corrected chi connectivity index (χ4v) is 3.55. The average Bonchev–Trinajstić information content (AvgIpc) is 3.05. The maximum absolute atomic E-state index is 13.0. The molecule has 10 nitrogen and oxygen atoms in total. The quantitative estimate of drug-likeness (QED) is 0.534. The van der Waals surface area contributed by atoms with Crippen molar-refractivity contribution in [2.45, 2.75) is 45.8 Å². The van der Waals surface area contributed by atoms with Crippen LogP contribution in [0.5, 0.6) is 0 Å². The Bertz CT molecular complexity index is 768. The maximum Gasteiger partial charge on any atom is 0.408 e. The van der Waals surface area contributed by atoms with Gasteiger partial charge in [0.05, 0.1) is 11.6 Å². The zero-order valence-corrected chi connectivity index (χ0v) is 17.0. The fourth-order valence-electron chi connectivity index (χ4n) is 3.55. The maximum atomic E-state index is 13.0. The molecular formula is C19H27N3O7. The van der Waals surface area contributed by atoms with Gasteiger partial charge < -0.3 is 20.3 Å². The number of nitrogens with one attached hydrogen (secondary N) is 1. The van der Waals surface area contributed by atoms with Crippen molar-refractivity contribution in [2.24, 2.45) is 11.8 Å². The summed E-state index contributed by atoms with van der Waals surface area (Å²) < 4.78 is 5.17. The van der Waals surface area contributed by atoms with Crippen molar-refractivity contribution < 1.29 is 34.1 Å². The zero-order valence-electron chi connectivity index (χ0n) is 17.0. The van der Waals surface area contributed by atoms with E-state index in [4.69, 9.17) is 4.74 Å². The third-order valence-corrected chi connectivity index (χ3v) is 4.71. The van der Waals surface area contributed by atoms with Crippen LogP contribution < -0.4 is 5.32 Å². The lowest BCUT2D eigenvalue weighted by atomic mass is 9.90. The molecule has 2 heterocycles. The molecule has 0 bridgehead atoms. The molecule has 0 aliphatic carbocycles. The number of hydrazine groups is 1. The topological polar surface area (TPSA) is 136 Å². The lowest BCUT2D eigenvalue weighted by molar-refractivity contribution is -0.142. The second kappa shape index (κ2) is 8.24. The molecule has 2 aliphatic heterocycles. The molecule has 3 atom stereocenters. The standard InChI is InChI=1S/C19H27N3O7/c1-6-10(16(24)25)12-8-21-9-13(20-18(28)29-19(3,4)5)15(23)22(21)14(12)11(7-2)17(26)27/h7,10-11,13H,2,6,8-9H2,1,3-5H3,(H,20,28)(H,24,25)(H,26,27)/t10?,11?,13-/m0/s1. The first-order valence-electron chi connectivity index (χ1n) is 9.30. The number of rotatable bonds is 7. The minimum Gasteiger partial charge on any atom is -0.481 e. The number of alkyl carbamates (subject to hydrolysis) is 1. The monoisotopic (exact) mass is 409 g/mol. The van der Waals surface area contributed by atoms with E-state index in [-0.39, 0.29) is 25.2 Å². The first kappa shape index (κ1) is 22.4. The van der Waals surface area contributed by atoms with Crippen LogP contribution in [0.2, 0.25) is 0 Å². The molecule has 1 fully saturated rings. The Kier molecular flexibility index (Phi) is 6.37. The number of fused-ring (bicyclic) bond motifs is 1. The van der Waals surface area contributed by atoms with Gasteiger partial charge in [-0.3, -0.25) is 14.4 Å². The summed E-state index contributed by atoms with van der Waals surface area (Å²) in [5.74, 6) is -5.07. The van der Waals surface area contributed by atoms with E-state index in [1.807, 2.05) is 0 Å². The van der Waals surface area contributed by atoms with Crippen molar-refractivity contribution in [1.29, 1.82) is 0 Å². The Morgan fingerprint density at radius 1 is 1.31 bits per heavy atom. The second-order valence-corrected chi connectivity index (χ2v) is 7.96. The Morgan fingerprint density at radius 2 is 1.93 bits per heavy atom. The molecule has 2 aliphatic rings. The van der Waals surface area contributed by atoms with Gasteiger partial charge in [0.15, 0.2) is 0 Å². The number of ether oxygens (including phenoxy) is 1. The highest BCUT2D eigenvalue weighted by Gasteiger charge is 2.50. The van der Waals surface area contributed by atoms with Crippen LogP contribution in [0.1, 0.15) is 34.1 Å². The van der Waals surface area contributed by atoms with E-state index in [0.29, 0.717) is 5.57 Å². The highest BCUT2D eigenvalue weighted by atomic mass is 16.6. The summed E-state index contributed by atoms with van der Waals surface area (Å²) in [4.78, 5) is 48.5. The highest BCUT2D eigenvalue weighted by molar-refractivity contribution is 5.91. The summed E-state index contributed by atoms with van der Waals surface area (Å²) in [6.45, 7) is 10.4. The molecule has 10 heteroatoms. The molecule has 2 unspecified atom stereocenters. The van der Waals surface area contributed by atoms with Gasteiger partial charge in [-0.05, 0) is 32.8 Å². The van der Waals surface area contributed by atoms with Gasteiger partial charge in [0, 0.05) is 13.1 Å². The first-order chi connectivity index (χ1) is 13.4. The number of aliphatic carboxylic acids is 2. The highest BCUT2D eigenvalue weighted by Crippen LogP contribution is 2.38. The van der Waals surface area contributed by atoms with Crippen molar-refractivity contribution in [3.63, 3.8) is 0 Å². The molecular weight excluding hydrogens is 382 g/mol. The number of amides is 2. The summed E-state index contributed by atoms with van der Waals surface area (Å²) in [7, 11) is 0. The summed E-state index contributed by atoms with van der Waals surface area (Å²) in [5.41, 5.74) is -0.301. The largest absolute Gasteiger partial charge is 0.481 e. The van der Waals surface area contributed by atoms with Crippen LogP contribution in [0, 0.1) is 11.8 Å². The number of carbonyl (C=O) groups is 4. The van der Waals surface area contributed by atoms with Crippen LogP contribution in [0.15, 0.2) is 23.9 Å². The molecule has 2 rings (SSSR count). The molecule has 3 N–H and O–H groups in total. The second-order valence-electron chi connectivity index (χ2n) is 7.96. The van der Waals surface area contributed by atoms with E-state index in [1.165, 1.54) is 5.01 Å². The van der Waals surface area contributed by atoms with E-state index in [0.717, 1.165) is 6.08 Å².